The number of nitrogens with one attached hydrogen (secondary N) is 1. The number of para-hydroxylation sites is 1. The summed E-state index contributed by atoms with van der Waals surface area (Å²) < 4.78 is 15.9. The predicted octanol–water partition coefficient (Wildman–Crippen LogP) is 4.07. The Morgan fingerprint density at radius 3 is 2.70 bits per heavy atom. The van der Waals surface area contributed by atoms with Crippen molar-refractivity contribution >= 4 is 33.1 Å². The zero-order valence-electron chi connectivity index (χ0n) is 14.6. The number of hydrogen-bond donors (Lipinski definition) is 1. The number of rotatable bonds is 5. The van der Waals surface area contributed by atoms with Crippen molar-refractivity contribution in [1.82, 2.24) is 10.2 Å². The molecule has 0 aliphatic rings. The number of anilines is 2. The number of nitrogens with zero attached hydrogens (tertiary/aromatic N) is 2. The molecule has 2 heterocycles. The van der Waals surface area contributed by atoms with Crippen LogP contribution in [0.3, 0.4) is 0 Å². The van der Waals surface area contributed by atoms with Gasteiger partial charge in [0.25, 0.3) is 0 Å². The Balaban J connectivity index is 1.67. The highest BCUT2D eigenvalue weighted by Gasteiger charge is 2.14. The normalized spacial score (nSPS) is 10.7. The van der Waals surface area contributed by atoms with E-state index in [1.165, 1.54) is 11.3 Å². The van der Waals surface area contributed by atoms with Crippen molar-refractivity contribution in [2.75, 3.05) is 19.5 Å². The van der Waals surface area contributed by atoms with Crippen LogP contribution in [0.25, 0.3) is 21.5 Å². The van der Waals surface area contributed by atoms with Gasteiger partial charge in [-0.3, -0.25) is 0 Å². The topological polar surface area (TPSA) is 86.5 Å². The van der Waals surface area contributed by atoms with Gasteiger partial charge in [0.1, 0.15) is 17.1 Å². The molecule has 0 aliphatic carbocycles. The minimum atomic E-state index is -0.446. The third kappa shape index (κ3) is 3.34. The van der Waals surface area contributed by atoms with Gasteiger partial charge in [0.15, 0.2) is 5.01 Å². The van der Waals surface area contributed by atoms with Crippen molar-refractivity contribution in [2.45, 2.75) is 0 Å². The number of ether oxygens (including phenoxy) is 2. The first-order valence-electron chi connectivity index (χ1n) is 8.04. The Labute approximate surface area is 158 Å². The maximum Gasteiger partial charge on any atom is 0.346 e. The monoisotopic (exact) mass is 381 g/mol. The highest BCUT2D eigenvalue weighted by molar-refractivity contribution is 7.18. The lowest BCUT2D eigenvalue weighted by molar-refractivity contribution is 0.395. The molecule has 0 amide bonds. The van der Waals surface area contributed by atoms with Crippen molar-refractivity contribution in [3.05, 3.63) is 59.0 Å². The molecular formula is C19H15N3O4S. The molecule has 0 aliphatic heterocycles. The van der Waals surface area contributed by atoms with Gasteiger partial charge >= 0.3 is 5.63 Å². The van der Waals surface area contributed by atoms with Crippen LogP contribution in [0, 0.1) is 0 Å². The van der Waals surface area contributed by atoms with Gasteiger partial charge < -0.3 is 19.2 Å². The fraction of sp³-hybridized carbons (Fsp3) is 0.105. The number of aromatic nitrogens is 2. The molecule has 4 aromatic rings. The van der Waals surface area contributed by atoms with E-state index in [1.807, 2.05) is 30.3 Å². The van der Waals surface area contributed by atoms with Gasteiger partial charge in [-0.2, -0.15) is 0 Å². The van der Waals surface area contributed by atoms with Crippen LogP contribution >= 0.6 is 11.3 Å². The Kier molecular flexibility index (Phi) is 4.47. The number of benzene rings is 2. The Bertz CT molecular complexity index is 1170. The summed E-state index contributed by atoms with van der Waals surface area (Å²) in [6, 6.07) is 14.5. The van der Waals surface area contributed by atoms with E-state index in [9.17, 15) is 4.79 Å². The molecule has 0 unspecified atom stereocenters. The molecule has 0 saturated carbocycles. The summed E-state index contributed by atoms with van der Waals surface area (Å²) in [6.07, 6.45) is 0. The molecule has 0 atom stereocenters. The Morgan fingerprint density at radius 2 is 1.89 bits per heavy atom. The highest BCUT2D eigenvalue weighted by Crippen LogP contribution is 2.34. The maximum absolute atomic E-state index is 12.3. The van der Waals surface area contributed by atoms with Crippen LogP contribution in [0.2, 0.25) is 0 Å². The smallest absolute Gasteiger partial charge is 0.346 e. The molecule has 2 aromatic carbocycles. The van der Waals surface area contributed by atoms with E-state index in [2.05, 4.69) is 15.5 Å². The lowest BCUT2D eigenvalue weighted by Gasteiger charge is -2.10. The van der Waals surface area contributed by atoms with Crippen LogP contribution in [0.5, 0.6) is 11.5 Å². The molecule has 27 heavy (non-hydrogen) atoms. The van der Waals surface area contributed by atoms with Gasteiger partial charge in [-0.15, -0.1) is 10.2 Å². The molecule has 136 valence electrons. The minimum absolute atomic E-state index is 0.376. The van der Waals surface area contributed by atoms with Crippen molar-refractivity contribution < 1.29 is 13.9 Å². The summed E-state index contributed by atoms with van der Waals surface area (Å²) in [6.45, 7) is 0. The van der Waals surface area contributed by atoms with Crippen LogP contribution in [-0.2, 0) is 0 Å². The second-order valence-electron chi connectivity index (χ2n) is 5.59. The number of methoxy groups -OCH3 is 2. The predicted molar refractivity (Wildman–Crippen MR) is 104 cm³/mol. The Morgan fingerprint density at radius 1 is 1.04 bits per heavy atom. The van der Waals surface area contributed by atoms with E-state index in [-0.39, 0.29) is 0 Å². The molecule has 7 nitrogen and oxygen atoms in total. The highest BCUT2D eigenvalue weighted by atomic mass is 32.1. The first-order valence-corrected chi connectivity index (χ1v) is 8.85. The molecule has 1 N–H and O–H groups in total. The fourth-order valence-corrected chi connectivity index (χ4v) is 3.37. The summed E-state index contributed by atoms with van der Waals surface area (Å²) in [5.41, 5.74) is 1.18. The van der Waals surface area contributed by atoms with Gasteiger partial charge in [-0.05, 0) is 24.3 Å². The van der Waals surface area contributed by atoms with Crippen molar-refractivity contribution in [1.29, 1.82) is 0 Å². The largest absolute Gasteiger partial charge is 0.497 e. The molecule has 0 bridgehead atoms. The van der Waals surface area contributed by atoms with Crippen molar-refractivity contribution in [3.8, 4) is 22.1 Å². The maximum atomic E-state index is 12.3. The average Bonchev–Trinajstić information content (AvgIpc) is 3.16. The average molecular weight is 381 g/mol. The summed E-state index contributed by atoms with van der Waals surface area (Å²) in [5.74, 6) is 1.29. The molecule has 0 radical (unpaired) electrons. The van der Waals surface area contributed by atoms with Crippen LogP contribution < -0.4 is 20.4 Å². The second kappa shape index (κ2) is 7.08. The zero-order valence-corrected chi connectivity index (χ0v) is 15.4. The first-order chi connectivity index (χ1) is 13.2. The molecule has 0 fully saturated rings. The molecule has 0 spiro atoms. The third-order valence-electron chi connectivity index (χ3n) is 3.95. The second-order valence-corrected chi connectivity index (χ2v) is 6.57. The number of hydrogen-bond acceptors (Lipinski definition) is 8. The van der Waals surface area contributed by atoms with E-state index in [4.69, 9.17) is 13.9 Å². The summed E-state index contributed by atoms with van der Waals surface area (Å²) in [4.78, 5) is 12.3. The summed E-state index contributed by atoms with van der Waals surface area (Å²) in [7, 11) is 3.17. The first kappa shape index (κ1) is 17.0. The van der Waals surface area contributed by atoms with E-state index in [1.54, 1.807) is 32.4 Å². The van der Waals surface area contributed by atoms with Crippen LogP contribution in [0.4, 0.5) is 10.8 Å². The quantitative estimate of drug-likeness (QED) is 0.521. The van der Waals surface area contributed by atoms with Crippen molar-refractivity contribution in [2.24, 2.45) is 0 Å². The van der Waals surface area contributed by atoms with E-state index >= 15 is 0 Å². The number of fused-ring (bicyclic) bond motifs is 1. The molecule has 0 saturated heterocycles. The van der Waals surface area contributed by atoms with Gasteiger partial charge in [-0.25, -0.2) is 4.79 Å². The van der Waals surface area contributed by atoms with Gasteiger partial charge in [0.2, 0.25) is 5.13 Å². The zero-order chi connectivity index (χ0) is 18.8. The lowest BCUT2D eigenvalue weighted by Crippen LogP contribution is -2.02. The molecule has 4 rings (SSSR count). The SMILES string of the molecule is COc1ccc(Nc2nnc(-c3cc4ccccc4oc3=O)s2)c(OC)c1. The van der Waals surface area contributed by atoms with Gasteiger partial charge in [0.05, 0.1) is 25.5 Å². The fourth-order valence-electron chi connectivity index (χ4n) is 2.61. The molecule has 8 heteroatoms. The molecular weight excluding hydrogens is 366 g/mol. The van der Waals surface area contributed by atoms with E-state index in [0.717, 1.165) is 5.39 Å². The lowest BCUT2D eigenvalue weighted by atomic mass is 10.2. The Hall–Kier alpha value is -3.39. The standard InChI is InChI=1S/C19H15N3O4S/c1-24-12-7-8-14(16(10-12)25-2)20-19-22-21-17(27-19)13-9-11-5-3-4-6-15(11)26-18(13)23/h3-10H,1-2H3,(H,20,22). The van der Waals surface area contributed by atoms with E-state index < -0.39 is 5.63 Å². The van der Waals surface area contributed by atoms with Crippen LogP contribution in [0.15, 0.2) is 57.7 Å². The molecule has 2 aromatic heterocycles. The van der Waals surface area contributed by atoms with Crippen LogP contribution in [0.1, 0.15) is 0 Å². The summed E-state index contributed by atoms with van der Waals surface area (Å²) >= 11 is 1.25. The van der Waals surface area contributed by atoms with Gasteiger partial charge in [-0.1, -0.05) is 29.5 Å². The summed E-state index contributed by atoms with van der Waals surface area (Å²) in [5, 5.41) is 13.2. The van der Waals surface area contributed by atoms with Gasteiger partial charge in [0, 0.05) is 11.5 Å². The minimum Gasteiger partial charge on any atom is -0.497 e. The van der Waals surface area contributed by atoms with E-state index in [0.29, 0.717) is 38.5 Å². The van der Waals surface area contributed by atoms with Crippen LogP contribution in [-0.4, -0.2) is 24.4 Å². The van der Waals surface area contributed by atoms with Crippen molar-refractivity contribution in [3.63, 3.8) is 0 Å². The third-order valence-corrected chi connectivity index (χ3v) is 4.82.